The van der Waals surface area contributed by atoms with Gasteiger partial charge in [-0.3, -0.25) is 9.78 Å². The Bertz CT molecular complexity index is 706. The van der Waals surface area contributed by atoms with Gasteiger partial charge in [-0.2, -0.15) is 0 Å². The van der Waals surface area contributed by atoms with Crippen LogP contribution in [-0.2, 0) is 0 Å². The van der Waals surface area contributed by atoms with Crippen LogP contribution < -0.4 is 10.1 Å². The first kappa shape index (κ1) is 14.7. The number of carboxylic acid groups (broad SMARTS) is 1. The van der Waals surface area contributed by atoms with Crippen molar-refractivity contribution in [2.75, 3.05) is 12.4 Å². The SMILES string of the molecule is COc1ccc(C(=O)O)c(NC(=O)c2cncc(Cl)n2)c1. The molecule has 0 aliphatic rings. The van der Waals surface area contributed by atoms with E-state index in [4.69, 9.17) is 21.4 Å². The Kier molecular flexibility index (Phi) is 4.34. The number of amides is 1. The number of hydrogen-bond donors (Lipinski definition) is 2. The Morgan fingerprint density at radius 1 is 1.33 bits per heavy atom. The Balaban J connectivity index is 2.33. The number of halogens is 1. The summed E-state index contributed by atoms with van der Waals surface area (Å²) in [6, 6.07) is 4.22. The maximum Gasteiger partial charge on any atom is 0.337 e. The standard InChI is InChI=1S/C13H10ClN3O4/c1-21-7-2-3-8(13(19)20)9(4-7)17-12(18)10-5-15-6-11(14)16-10/h2-6H,1H3,(H,17,18)(H,19,20). The van der Waals surface area contributed by atoms with Gasteiger partial charge in [0.1, 0.15) is 16.6 Å². The first-order valence-electron chi connectivity index (χ1n) is 5.71. The van der Waals surface area contributed by atoms with Gasteiger partial charge in [0.25, 0.3) is 5.91 Å². The van der Waals surface area contributed by atoms with E-state index in [-0.39, 0.29) is 22.1 Å². The fourth-order valence-electron chi connectivity index (χ4n) is 1.58. The number of carboxylic acids is 1. The average molecular weight is 308 g/mol. The van der Waals surface area contributed by atoms with E-state index in [0.717, 1.165) is 0 Å². The van der Waals surface area contributed by atoms with Gasteiger partial charge in [-0.15, -0.1) is 0 Å². The Morgan fingerprint density at radius 3 is 2.71 bits per heavy atom. The normalized spacial score (nSPS) is 10.0. The van der Waals surface area contributed by atoms with Crippen molar-refractivity contribution in [1.82, 2.24) is 9.97 Å². The summed E-state index contributed by atoms with van der Waals surface area (Å²) in [5, 5.41) is 11.6. The molecule has 108 valence electrons. The molecule has 1 heterocycles. The van der Waals surface area contributed by atoms with Gasteiger partial charge in [-0.25, -0.2) is 9.78 Å². The molecule has 2 aromatic rings. The van der Waals surface area contributed by atoms with E-state index in [1.54, 1.807) is 0 Å². The number of aromatic nitrogens is 2. The molecule has 2 rings (SSSR count). The van der Waals surface area contributed by atoms with Crippen LogP contribution in [0.2, 0.25) is 5.15 Å². The topological polar surface area (TPSA) is 101 Å². The summed E-state index contributed by atoms with van der Waals surface area (Å²) in [6.45, 7) is 0. The number of rotatable bonds is 4. The summed E-state index contributed by atoms with van der Waals surface area (Å²) >= 11 is 5.65. The van der Waals surface area contributed by atoms with Gasteiger partial charge in [0.05, 0.1) is 30.8 Å². The van der Waals surface area contributed by atoms with Crippen molar-refractivity contribution in [1.29, 1.82) is 0 Å². The molecule has 7 nitrogen and oxygen atoms in total. The first-order chi connectivity index (χ1) is 10.0. The Hall–Kier alpha value is -2.67. The predicted molar refractivity (Wildman–Crippen MR) is 74.9 cm³/mol. The number of carbonyl (C=O) groups excluding carboxylic acids is 1. The second kappa shape index (κ2) is 6.19. The number of benzene rings is 1. The molecular formula is C13H10ClN3O4. The molecule has 0 spiro atoms. The minimum absolute atomic E-state index is 0.0262. The van der Waals surface area contributed by atoms with E-state index in [9.17, 15) is 9.59 Å². The van der Waals surface area contributed by atoms with E-state index >= 15 is 0 Å². The number of anilines is 1. The summed E-state index contributed by atoms with van der Waals surface area (Å²) in [6.07, 6.45) is 2.51. The molecule has 0 atom stereocenters. The summed E-state index contributed by atoms with van der Waals surface area (Å²) in [4.78, 5) is 30.7. The molecule has 0 radical (unpaired) electrons. The highest BCUT2D eigenvalue weighted by Gasteiger charge is 2.16. The van der Waals surface area contributed by atoms with Gasteiger partial charge in [0.15, 0.2) is 0 Å². The highest BCUT2D eigenvalue weighted by Crippen LogP contribution is 2.23. The molecule has 1 amide bonds. The van der Waals surface area contributed by atoms with Gasteiger partial charge >= 0.3 is 5.97 Å². The van der Waals surface area contributed by atoms with Crippen molar-refractivity contribution in [3.63, 3.8) is 0 Å². The number of methoxy groups -OCH3 is 1. The molecule has 1 aromatic carbocycles. The van der Waals surface area contributed by atoms with Crippen LogP contribution in [-0.4, -0.2) is 34.1 Å². The molecule has 8 heteroatoms. The maximum absolute atomic E-state index is 12.0. The van der Waals surface area contributed by atoms with Crippen LogP contribution >= 0.6 is 11.6 Å². The predicted octanol–water partition coefficient (Wildman–Crippen LogP) is 2.09. The van der Waals surface area contributed by atoms with Crippen LogP contribution in [0.4, 0.5) is 5.69 Å². The zero-order valence-electron chi connectivity index (χ0n) is 10.8. The fourth-order valence-corrected chi connectivity index (χ4v) is 1.73. The molecule has 0 unspecified atom stereocenters. The van der Waals surface area contributed by atoms with Crippen molar-refractivity contribution in [3.05, 3.63) is 47.0 Å². The second-order valence-corrected chi connectivity index (χ2v) is 4.29. The van der Waals surface area contributed by atoms with Crippen molar-refractivity contribution >= 4 is 29.2 Å². The van der Waals surface area contributed by atoms with Crippen molar-refractivity contribution in [3.8, 4) is 5.75 Å². The van der Waals surface area contributed by atoms with Crippen molar-refractivity contribution < 1.29 is 19.4 Å². The second-order valence-electron chi connectivity index (χ2n) is 3.90. The summed E-state index contributed by atoms with van der Waals surface area (Å²) < 4.78 is 5.00. The van der Waals surface area contributed by atoms with Gasteiger partial charge < -0.3 is 15.2 Å². The van der Waals surface area contributed by atoms with Gasteiger partial charge in [0.2, 0.25) is 0 Å². The summed E-state index contributed by atoms with van der Waals surface area (Å²) in [5.74, 6) is -1.39. The summed E-state index contributed by atoms with van der Waals surface area (Å²) in [7, 11) is 1.43. The molecule has 2 N–H and O–H groups in total. The lowest BCUT2D eigenvalue weighted by molar-refractivity contribution is 0.0698. The Morgan fingerprint density at radius 2 is 2.10 bits per heavy atom. The average Bonchev–Trinajstić information content (AvgIpc) is 2.46. The molecule has 21 heavy (non-hydrogen) atoms. The molecular weight excluding hydrogens is 298 g/mol. The highest BCUT2D eigenvalue weighted by molar-refractivity contribution is 6.29. The van der Waals surface area contributed by atoms with E-state index in [0.29, 0.717) is 5.75 Å². The molecule has 0 saturated carbocycles. The van der Waals surface area contributed by atoms with E-state index < -0.39 is 11.9 Å². The molecule has 0 aliphatic carbocycles. The number of nitrogens with one attached hydrogen (secondary N) is 1. The third kappa shape index (κ3) is 3.46. The lowest BCUT2D eigenvalue weighted by atomic mass is 10.1. The minimum Gasteiger partial charge on any atom is -0.497 e. The largest absolute Gasteiger partial charge is 0.497 e. The first-order valence-corrected chi connectivity index (χ1v) is 6.09. The van der Waals surface area contributed by atoms with E-state index in [2.05, 4.69) is 15.3 Å². The molecule has 0 fully saturated rings. The van der Waals surface area contributed by atoms with Gasteiger partial charge in [-0.05, 0) is 12.1 Å². The quantitative estimate of drug-likeness (QED) is 0.896. The third-order valence-corrected chi connectivity index (χ3v) is 2.73. The number of carbonyl (C=O) groups is 2. The maximum atomic E-state index is 12.0. The van der Waals surface area contributed by atoms with Gasteiger partial charge in [-0.1, -0.05) is 11.6 Å². The minimum atomic E-state index is -1.18. The number of aromatic carboxylic acids is 1. The van der Waals surface area contributed by atoms with E-state index in [1.165, 1.54) is 37.7 Å². The van der Waals surface area contributed by atoms with Crippen LogP contribution in [0.15, 0.2) is 30.6 Å². The molecule has 0 aliphatic heterocycles. The summed E-state index contributed by atoms with van der Waals surface area (Å²) in [5.41, 5.74) is -0.00517. The lowest BCUT2D eigenvalue weighted by Crippen LogP contribution is -2.16. The lowest BCUT2D eigenvalue weighted by Gasteiger charge is -2.10. The molecule has 0 saturated heterocycles. The monoisotopic (exact) mass is 307 g/mol. The van der Waals surface area contributed by atoms with E-state index in [1.807, 2.05) is 0 Å². The number of hydrogen-bond acceptors (Lipinski definition) is 5. The number of ether oxygens (including phenoxy) is 1. The Labute approximate surface area is 124 Å². The van der Waals surface area contributed by atoms with Crippen LogP contribution in [0, 0.1) is 0 Å². The van der Waals surface area contributed by atoms with Gasteiger partial charge in [0, 0.05) is 6.07 Å². The van der Waals surface area contributed by atoms with Crippen LogP contribution in [0.25, 0.3) is 0 Å². The van der Waals surface area contributed by atoms with Crippen LogP contribution in [0.3, 0.4) is 0 Å². The fraction of sp³-hybridized carbons (Fsp3) is 0.0769. The zero-order chi connectivity index (χ0) is 15.4. The molecule has 1 aromatic heterocycles. The number of nitrogens with zero attached hydrogens (tertiary/aromatic N) is 2. The van der Waals surface area contributed by atoms with Crippen molar-refractivity contribution in [2.24, 2.45) is 0 Å². The molecule has 0 bridgehead atoms. The van der Waals surface area contributed by atoms with Crippen LogP contribution in [0.5, 0.6) is 5.75 Å². The third-order valence-electron chi connectivity index (χ3n) is 2.54. The van der Waals surface area contributed by atoms with Crippen molar-refractivity contribution in [2.45, 2.75) is 0 Å². The zero-order valence-corrected chi connectivity index (χ0v) is 11.6. The smallest absolute Gasteiger partial charge is 0.337 e. The van der Waals surface area contributed by atoms with Crippen LogP contribution in [0.1, 0.15) is 20.8 Å². The highest BCUT2D eigenvalue weighted by atomic mass is 35.5.